The van der Waals surface area contributed by atoms with Gasteiger partial charge in [-0.25, -0.2) is 8.42 Å². The van der Waals surface area contributed by atoms with Crippen molar-refractivity contribution >= 4 is 15.9 Å². The third kappa shape index (κ3) is 5.31. The number of amides is 1. The number of nitrogens with one attached hydrogen (secondary N) is 1. The largest absolute Gasteiger partial charge is 0.493 e. The van der Waals surface area contributed by atoms with Crippen LogP contribution in [0.25, 0.3) is 0 Å². The maximum Gasteiger partial charge on any atom is 0.258 e. The van der Waals surface area contributed by atoms with Gasteiger partial charge in [0.1, 0.15) is 0 Å². The number of ether oxygens (including phenoxy) is 2. The van der Waals surface area contributed by atoms with E-state index in [1.807, 2.05) is 31.2 Å². The first-order chi connectivity index (χ1) is 14.4. The van der Waals surface area contributed by atoms with Crippen molar-refractivity contribution in [3.63, 3.8) is 0 Å². The zero-order valence-electron chi connectivity index (χ0n) is 17.3. The SMILES string of the molecule is CCc1ccc(S(=O)(=O)N2CCC(NC(=O)COc3ccccc3OC)CC2)cc1. The molecule has 8 heteroatoms. The molecule has 2 aromatic rings. The summed E-state index contributed by atoms with van der Waals surface area (Å²) in [6.07, 6.45) is 1.99. The van der Waals surface area contributed by atoms with Crippen LogP contribution in [0.1, 0.15) is 25.3 Å². The number of carbonyl (C=O) groups is 1. The predicted octanol–water partition coefficient (Wildman–Crippen LogP) is 2.61. The van der Waals surface area contributed by atoms with Crippen molar-refractivity contribution in [2.75, 3.05) is 26.8 Å². The van der Waals surface area contributed by atoms with Crippen molar-refractivity contribution in [2.24, 2.45) is 0 Å². The monoisotopic (exact) mass is 432 g/mol. The summed E-state index contributed by atoms with van der Waals surface area (Å²) in [6.45, 7) is 2.65. The average molecular weight is 433 g/mol. The first kappa shape index (κ1) is 22.1. The van der Waals surface area contributed by atoms with E-state index >= 15 is 0 Å². The van der Waals surface area contributed by atoms with Crippen molar-refractivity contribution in [1.29, 1.82) is 0 Å². The molecule has 30 heavy (non-hydrogen) atoms. The number of nitrogens with zero attached hydrogens (tertiary/aromatic N) is 1. The lowest BCUT2D eigenvalue weighted by Gasteiger charge is -2.31. The summed E-state index contributed by atoms with van der Waals surface area (Å²) in [5.74, 6) is 0.832. The van der Waals surface area contributed by atoms with Gasteiger partial charge in [-0.2, -0.15) is 4.31 Å². The van der Waals surface area contributed by atoms with E-state index in [0.717, 1.165) is 12.0 Å². The van der Waals surface area contributed by atoms with Crippen LogP contribution in [-0.4, -0.2) is 51.5 Å². The van der Waals surface area contributed by atoms with Gasteiger partial charge < -0.3 is 14.8 Å². The molecule has 1 saturated heterocycles. The normalized spacial score (nSPS) is 15.5. The van der Waals surface area contributed by atoms with Gasteiger partial charge in [0.15, 0.2) is 18.1 Å². The number of sulfonamides is 1. The third-order valence-electron chi connectivity index (χ3n) is 5.22. The van der Waals surface area contributed by atoms with Gasteiger partial charge in [-0.3, -0.25) is 4.79 Å². The Balaban J connectivity index is 1.49. The summed E-state index contributed by atoms with van der Waals surface area (Å²) in [4.78, 5) is 12.5. The third-order valence-corrected chi connectivity index (χ3v) is 7.13. The molecule has 1 aliphatic heterocycles. The number of benzene rings is 2. The topological polar surface area (TPSA) is 84.9 Å². The van der Waals surface area contributed by atoms with Gasteiger partial charge in [0.25, 0.3) is 5.91 Å². The molecule has 7 nitrogen and oxygen atoms in total. The van der Waals surface area contributed by atoms with Crippen molar-refractivity contribution in [3.8, 4) is 11.5 Å². The molecular formula is C22H28N2O5S. The molecule has 3 rings (SSSR count). The number of methoxy groups -OCH3 is 1. The van der Waals surface area contributed by atoms with Crippen molar-refractivity contribution in [3.05, 3.63) is 54.1 Å². The summed E-state index contributed by atoms with van der Waals surface area (Å²) in [5, 5.41) is 2.93. The molecule has 1 aliphatic rings. The molecule has 0 aromatic heterocycles. The van der Waals surface area contributed by atoms with Crippen LogP contribution < -0.4 is 14.8 Å². The number of piperidine rings is 1. The molecule has 2 aromatic carbocycles. The van der Waals surface area contributed by atoms with Crippen LogP contribution in [0.2, 0.25) is 0 Å². The molecule has 1 amide bonds. The summed E-state index contributed by atoms with van der Waals surface area (Å²) in [6, 6.07) is 14.1. The Morgan fingerprint density at radius 1 is 1.07 bits per heavy atom. The van der Waals surface area contributed by atoms with Gasteiger partial charge in [0, 0.05) is 19.1 Å². The van der Waals surface area contributed by atoms with Crippen LogP contribution in [-0.2, 0) is 21.2 Å². The summed E-state index contributed by atoms with van der Waals surface area (Å²) >= 11 is 0. The first-order valence-corrected chi connectivity index (χ1v) is 11.5. The Bertz CT molecular complexity index is 952. The Kier molecular flexibility index (Phi) is 7.33. The van der Waals surface area contributed by atoms with E-state index < -0.39 is 10.0 Å². The molecule has 0 atom stereocenters. The summed E-state index contributed by atoms with van der Waals surface area (Å²) < 4.78 is 37.9. The molecule has 1 heterocycles. The van der Waals surface area contributed by atoms with E-state index in [1.54, 1.807) is 31.4 Å². The second kappa shape index (κ2) is 9.95. The smallest absolute Gasteiger partial charge is 0.258 e. The van der Waals surface area contributed by atoms with Crippen LogP contribution in [0.5, 0.6) is 11.5 Å². The molecule has 1 N–H and O–H groups in total. The molecule has 0 radical (unpaired) electrons. The van der Waals surface area contributed by atoms with Gasteiger partial charge in [-0.1, -0.05) is 31.2 Å². The number of rotatable bonds is 8. The zero-order chi connectivity index (χ0) is 21.6. The molecule has 1 fully saturated rings. The molecule has 0 bridgehead atoms. The minimum atomic E-state index is -3.51. The number of aryl methyl sites for hydroxylation is 1. The Morgan fingerprint density at radius 2 is 1.70 bits per heavy atom. The Labute approximate surface area is 178 Å². The van der Waals surface area contributed by atoms with Crippen molar-refractivity contribution in [2.45, 2.75) is 37.1 Å². The number of carbonyl (C=O) groups excluding carboxylic acids is 1. The van der Waals surface area contributed by atoms with Crippen molar-refractivity contribution in [1.82, 2.24) is 9.62 Å². The lowest BCUT2D eigenvalue weighted by atomic mass is 10.1. The molecule has 162 valence electrons. The van der Waals surface area contributed by atoms with Crippen LogP contribution in [0.4, 0.5) is 0 Å². The van der Waals surface area contributed by atoms with E-state index in [2.05, 4.69) is 5.32 Å². The Hall–Kier alpha value is -2.58. The fourth-order valence-corrected chi connectivity index (χ4v) is 4.91. The fraction of sp³-hybridized carbons (Fsp3) is 0.409. The Morgan fingerprint density at radius 3 is 2.30 bits per heavy atom. The zero-order valence-corrected chi connectivity index (χ0v) is 18.2. The van der Waals surface area contributed by atoms with Crippen LogP contribution in [0.15, 0.2) is 53.4 Å². The first-order valence-electron chi connectivity index (χ1n) is 10.1. The van der Waals surface area contributed by atoms with E-state index in [9.17, 15) is 13.2 Å². The van der Waals surface area contributed by atoms with Crippen LogP contribution in [0.3, 0.4) is 0 Å². The molecule has 0 aliphatic carbocycles. The highest BCUT2D eigenvalue weighted by atomic mass is 32.2. The summed E-state index contributed by atoms with van der Waals surface area (Å²) in [5.41, 5.74) is 1.10. The maximum absolute atomic E-state index is 12.8. The predicted molar refractivity (Wildman–Crippen MR) is 114 cm³/mol. The minimum absolute atomic E-state index is 0.0762. The van der Waals surface area contributed by atoms with E-state index in [-0.39, 0.29) is 18.6 Å². The fourth-order valence-electron chi connectivity index (χ4n) is 3.44. The van der Waals surface area contributed by atoms with Crippen LogP contribution in [0, 0.1) is 0 Å². The minimum Gasteiger partial charge on any atom is -0.493 e. The van der Waals surface area contributed by atoms with E-state index in [1.165, 1.54) is 4.31 Å². The molecule has 0 spiro atoms. The highest BCUT2D eigenvalue weighted by Gasteiger charge is 2.30. The highest BCUT2D eigenvalue weighted by molar-refractivity contribution is 7.89. The second-order valence-corrected chi connectivity index (χ2v) is 9.12. The highest BCUT2D eigenvalue weighted by Crippen LogP contribution is 2.25. The molecule has 0 saturated carbocycles. The van der Waals surface area contributed by atoms with Gasteiger partial charge in [0.2, 0.25) is 10.0 Å². The van der Waals surface area contributed by atoms with Gasteiger partial charge >= 0.3 is 0 Å². The lowest BCUT2D eigenvalue weighted by Crippen LogP contribution is -2.47. The number of para-hydroxylation sites is 2. The molecular weight excluding hydrogens is 404 g/mol. The van der Waals surface area contributed by atoms with Gasteiger partial charge in [0.05, 0.1) is 12.0 Å². The molecule has 0 unspecified atom stereocenters. The van der Waals surface area contributed by atoms with E-state index in [4.69, 9.17) is 9.47 Å². The van der Waals surface area contributed by atoms with Gasteiger partial charge in [-0.05, 0) is 49.1 Å². The standard InChI is InChI=1S/C22H28N2O5S/c1-3-17-8-10-19(11-9-17)30(26,27)24-14-12-18(13-15-24)23-22(25)16-29-21-7-5-4-6-20(21)28-2/h4-11,18H,3,12-16H2,1-2H3,(H,23,25). The van der Waals surface area contributed by atoms with E-state index in [0.29, 0.717) is 42.3 Å². The van der Waals surface area contributed by atoms with Crippen LogP contribution >= 0.6 is 0 Å². The van der Waals surface area contributed by atoms with Gasteiger partial charge in [-0.15, -0.1) is 0 Å². The number of hydrogen-bond acceptors (Lipinski definition) is 5. The second-order valence-electron chi connectivity index (χ2n) is 7.18. The lowest BCUT2D eigenvalue weighted by molar-refractivity contribution is -0.124. The quantitative estimate of drug-likeness (QED) is 0.693. The number of hydrogen-bond donors (Lipinski definition) is 1. The average Bonchev–Trinajstić information content (AvgIpc) is 2.78. The summed E-state index contributed by atoms with van der Waals surface area (Å²) in [7, 11) is -1.97. The van der Waals surface area contributed by atoms with Crippen molar-refractivity contribution < 1.29 is 22.7 Å². The maximum atomic E-state index is 12.8.